The zero-order chi connectivity index (χ0) is 24.1. The third kappa shape index (κ3) is 5.22. The molecule has 182 valence electrons. The van der Waals surface area contributed by atoms with Gasteiger partial charge in [0.2, 0.25) is 0 Å². The number of fused-ring (bicyclic) bond motifs is 1. The average Bonchev–Trinajstić information content (AvgIpc) is 3.22. The van der Waals surface area contributed by atoms with Crippen LogP contribution in [0.3, 0.4) is 0 Å². The summed E-state index contributed by atoms with van der Waals surface area (Å²) in [5, 5.41) is 12.9. The highest BCUT2D eigenvalue weighted by atomic mass is 19.1. The predicted octanol–water partition coefficient (Wildman–Crippen LogP) is 4.05. The van der Waals surface area contributed by atoms with Gasteiger partial charge in [0, 0.05) is 49.3 Å². The van der Waals surface area contributed by atoms with Crippen LogP contribution in [0.2, 0.25) is 0 Å². The molecule has 0 bridgehead atoms. The van der Waals surface area contributed by atoms with Crippen LogP contribution in [0, 0.1) is 11.7 Å². The normalized spacial score (nSPS) is 18.8. The molecule has 1 fully saturated rings. The lowest BCUT2D eigenvalue weighted by molar-refractivity contribution is 0.0759. The van der Waals surface area contributed by atoms with Crippen LogP contribution in [0.4, 0.5) is 4.39 Å². The molecule has 2 aromatic rings. The fourth-order valence-corrected chi connectivity index (χ4v) is 5.05. The van der Waals surface area contributed by atoms with Crippen molar-refractivity contribution in [1.29, 1.82) is 0 Å². The van der Waals surface area contributed by atoms with Crippen LogP contribution >= 0.6 is 0 Å². The van der Waals surface area contributed by atoms with Crippen molar-refractivity contribution >= 4 is 17.4 Å². The molecule has 1 amide bonds. The van der Waals surface area contributed by atoms with E-state index in [1.54, 1.807) is 17.0 Å². The number of carbonyl (C=O) groups is 2. The Morgan fingerprint density at radius 2 is 1.79 bits per heavy atom. The number of oxime groups is 1. The maximum atomic E-state index is 13.1. The number of nitrogens with zero attached hydrogens (tertiary/aromatic N) is 4. The molecule has 1 aromatic carbocycles. The molecule has 0 unspecified atom stereocenters. The number of halogens is 1. The van der Waals surface area contributed by atoms with Gasteiger partial charge in [-0.15, -0.1) is 0 Å². The van der Waals surface area contributed by atoms with E-state index in [4.69, 9.17) is 0 Å². The summed E-state index contributed by atoms with van der Waals surface area (Å²) in [5.41, 5.74) is 2.51. The maximum absolute atomic E-state index is 13.1. The van der Waals surface area contributed by atoms with E-state index in [2.05, 4.69) is 10.1 Å². The summed E-state index contributed by atoms with van der Waals surface area (Å²) >= 11 is 0. The molecule has 4 rings (SSSR count). The van der Waals surface area contributed by atoms with Gasteiger partial charge >= 0.3 is 0 Å². The van der Waals surface area contributed by atoms with Crippen LogP contribution < -0.4 is 0 Å². The molecule has 2 aliphatic rings. The summed E-state index contributed by atoms with van der Waals surface area (Å²) in [6.45, 7) is 6.61. The van der Waals surface area contributed by atoms with Gasteiger partial charge in [0.15, 0.2) is 5.78 Å². The lowest BCUT2D eigenvalue weighted by atomic mass is 9.89. The van der Waals surface area contributed by atoms with Crippen molar-refractivity contribution in [3.63, 3.8) is 0 Å². The molecular weight excluding hydrogens is 435 g/mol. The van der Waals surface area contributed by atoms with Gasteiger partial charge in [-0.2, -0.15) is 0 Å². The average molecular weight is 469 g/mol. The SMILES string of the molecule is CCN1CCC(=NO)c2ccn(CCCCN3CCC(C(=O)c4ccc(F)cc4)CC3)c2C1=O. The van der Waals surface area contributed by atoms with E-state index in [-0.39, 0.29) is 23.4 Å². The predicted molar refractivity (Wildman–Crippen MR) is 128 cm³/mol. The number of aromatic nitrogens is 1. The van der Waals surface area contributed by atoms with Crippen molar-refractivity contribution < 1.29 is 19.2 Å². The van der Waals surface area contributed by atoms with Crippen molar-refractivity contribution in [1.82, 2.24) is 14.4 Å². The van der Waals surface area contributed by atoms with Crippen LogP contribution in [-0.2, 0) is 6.54 Å². The first kappa shape index (κ1) is 24.1. The number of Topliss-reactive ketones (excluding diaryl/α,β-unsaturated/α-hetero) is 1. The van der Waals surface area contributed by atoms with Crippen molar-refractivity contribution in [2.45, 2.75) is 45.6 Å². The van der Waals surface area contributed by atoms with Crippen LogP contribution in [0.1, 0.15) is 65.4 Å². The van der Waals surface area contributed by atoms with Gasteiger partial charge in [-0.1, -0.05) is 5.16 Å². The second-order valence-electron chi connectivity index (χ2n) is 9.15. The smallest absolute Gasteiger partial charge is 0.271 e. The quantitative estimate of drug-likeness (QED) is 0.274. The molecule has 8 heteroatoms. The van der Waals surface area contributed by atoms with Crippen LogP contribution in [0.5, 0.6) is 0 Å². The van der Waals surface area contributed by atoms with Gasteiger partial charge < -0.3 is 19.6 Å². The molecule has 0 aliphatic carbocycles. The molecule has 1 aromatic heterocycles. The number of hydrogen-bond donors (Lipinski definition) is 1. The number of rotatable bonds is 8. The highest BCUT2D eigenvalue weighted by Crippen LogP contribution is 2.24. The standard InChI is InChI=1S/C26H33FN4O3/c1-2-30-18-12-23(28-34)22-11-17-31(24(22)26(30)33)14-4-3-13-29-15-9-20(10-16-29)25(32)19-5-7-21(27)8-6-19/h5-8,11,17,20,34H,2-4,9-10,12-16,18H2,1H3. The van der Waals surface area contributed by atoms with Crippen LogP contribution in [-0.4, -0.2) is 69.7 Å². The Hall–Kier alpha value is -3.00. The summed E-state index contributed by atoms with van der Waals surface area (Å²) in [7, 11) is 0. The molecule has 1 saturated heterocycles. The minimum atomic E-state index is -0.323. The topological polar surface area (TPSA) is 78.1 Å². The number of ketones is 1. The number of carbonyl (C=O) groups excluding carboxylic acids is 2. The van der Waals surface area contributed by atoms with Gasteiger partial charge in [-0.25, -0.2) is 4.39 Å². The zero-order valence-electron chi connectivity index (χ0n) is 19.8. The highest BCUT2D eigenvalue weighted by molar-refractivity contribution is 6.11. The van der Waals surface area contributed by atoms with Gasteiger partial charge in [-0.05, 0) is 82.6 Å². The van der Waals surface area contributed by atoms with Crippen molar-refractivity contribution in [3.8, 4) is 0 Å². The number of amides is 1. The van der Waals surface area contributed by atoms with Crippen LogP contribution in [0.25, 0.3) is 0 Å². The third-order valence-electron chi connectivity index (χ3n) is 7.10. The lowest BCUT2D eigenvalue weighted by Crippen LogP contribution is -2.37. The van der Waals surface area contributed by atoms with E-state index in [0.29, 0.717) is 36.5 Å². The van der Waals surface area contributed by atoms with E-state index in [9.17, 15) is 19.2 Å². The van der Waals surface area contributed by atoms with E-state index in [1.807, 2.05) is 23.8 Å². The van der Waals surface area contributed by atoms with Gasteiger partial charge in [0.1, 0.15) is 11.5 Å². The van der Waals surface area contributed by atoms with Gasteiger partial charge in [-0.3, -0.25) is 9.59 Å². The Bertz CT molecular complexity index is 1040. The van der Waals surface area contributed by atoms with Crippen molar-refractivity contribution in [2.75, 3.05) is 32.7 Å². The molecule has 3 heterocycles. The Labute approximate surface area is 199 Å². The number of piperidine rings is 1. The second-order valence-corrected chi connectivity index (χ2v) is 9.15. The molecule has 0 atom stereocenters. The summed E-state index contributed by atoms with van der Waals surface area (Å²) in [4.78, 5) is 29.9. The van der Waals surface area contributed by atoms with E-state index < -0.39 is 0 Å². The fraction of sp³-hybridized carbons (Fsp3) is 0.500. The highest BCUT2D eigenvalue weighted by Gasteiger charge is 2.29. The Balaban J connectivity index is 1.26. The number of likely N-dealkylation sites (tertiary alicyclic amines) is 1. The third-order valence-corrected chi connectivity index (χ3v) is 7.10. The molecular formula is C26H33FN4O3. The van der Waals surface area contributed by atoms with E-state index in [1.165, 1.54) is 12.1 Å². The minimum Gasteiger partial charge on any atom is -0.411 e. The Morgan fingerprint density at radius 3 is 2.47 bits per heavy atom. The molecule has 34 heavy (non-hydrogen) atoms. The monoisotopic (exact) mass is 468 g/mol. The fourth-order valence-electron chi connectivity index (χ4n) is 5.05. The number of benzene rings is 1. The molecule has 2 aliphatic heterocycles. The molecule has 1 N–H and O–H groups in total. The van der Waals surface area contributed by atoms with E-state index in [0.717, 1.165) is 57.4 Å². The maximum Gasteiger partial charge on any atom is 0.271 e. The summed E-state index contributed by atoms with van der Waals surface area (Å²) in [5.74, 6) is -0.207. The second kappa shape index (κ2) is 11.0. The Kier molecular flexibility index (Phi) is 7.77. The summed E-state index contributed by atoms with van der Waals surface area (Å²) < 4.78 is 15.1. The minimum absolute atomic E-state index is 0.00551. The Morgan fingerprint density at radius 1 is 1.09 bits per heavy atom. The number of aryl methyl sites for hydroxylation is 1. The molecule has 0 saturated carbocycles. The van der Waals surface area contributed by atoms with Crippen molar-refractivity contribution in [2.24, 2.45) is 11.1 Å². The van der Waals surface area contributed by atoms with Gasteiger partial charge in [0.25, 0.3) is 5.91 Å². The number of hydrogen-bond acceptors (Lipinski definition) is 5. The number of unbranched alkanes of at least 4 members (excludes halogenated alkanes) is 1. The largest absolute Gasteiger partial charge is 0.411 e. The first-order valence-corrected chi connectivity index (χ1v) is 12.2. The summed E-state index contributed by atoms with van der Waals surface area (Å²) in [6, 6.07) is 7.72. The summed E-state index contributed by atoms with van der Waals surface area (Å²) in [6.07, 6.45) is 6.04. The zero-order valence-corrected chi connectivity index (χ0v) is 19.8. The van der Waals surface area contributed by atoms with E-state index >= 15 is 0 Å². The van der Waals surface area contributed by atoms with Crippen LogP contribution in [0.15, 0.2) is 41.7 Å². The lowest BCUT2D eigenvalue weighted by Gasteiger charge is -2.31. The van der Waals surface area contributed by atoms with Crippen molar-refractivity contribution in [3.05, 3.63) is 59.2 Å². The molecule has 0 spiro atoms. The molecule has 7 nitrogen and oxygen atoms in total. The van der Waals surface area contributed by atoms with Gasteiger partial charge in [0.05, 0.1) is 5.71 Å². The first-order chi connectivity index (χ1) is 16.5. The molecule has 0 radical (unpaired) electrons. The first-order valence-electron chi connectivity index (χ1n) is 12.2.